The largest absolute Gasteiger partial charge is 0.334 e. The molecule has 0 bridgehead atoms. The Hall–Kier alpha value is -0.870. The highest BCUT2D eigenvalue weighted by Crippen LogP contribution is 2.30. The van der Waals surface area contributed by atoms with Crippen molar-refractivity contribution in [3.8, 4) is 0 Å². The zero-order chi connectivity index (χ0) is 11.7. The van der Waals surface area contributed by atoms with Gasteiger partial charge in [-0.15, -0.1) is 0 Å². The molecule has 1 saturated carbocycles. The van der Waals surface area contributed by atoms with Gasteiger partial charge in [0.05, 0.1) is 6.04 Å². The van der Waals surface area contributed by atoms with Gasteiger partial charge in [-0.3, -0.25) is 4.79 Å². The molecule has 2 fully saturated rings. The number of hydrogen-bond donors (Lipinski definition) is 1. The van der Waals surface area contributed by atoms with Crippen LogP contribution in [0.3, 0.4) is 0 Å². The summed E-state index contributed by atoms with van der Waals surface area (Å²) in [6.07, 6.45) is 4.50. The maximum Gasteiger partial charge on any atom is 0.240 e. The zero-order valence-corrected chi connectivity index (χ0v) is 10.7. The Kier molecular flexibility index (Phi) is 3.16. The Morgan fingerprint density at radius 1 is 1.47 bits per heavy atom. The monoisotopic (exact) mass is 250 g/mol. The highest BCUT2D eigenvalue weighted by atomic mass is 32.1. The molecule has 1 aromatic rings. The highest BCUT2D eigenvalue weighted by molar-refractivity contribution is 7.07. The van der Waals surface area contributed by atoms with Gasteiger partial charge in [-0.2, -0.15) is 11.3 Å². The normalized spacial score (nSPS) is 23.9. The Labute approximate surface area is 106 Å². The van der Waals surface area contributed by atoms with E-state index in [-0.39, 0.29) is 6.04 Å². The third kappa shape index (κ3) is 2.53. The van der Waals surface area contributed by atoms with E-state index in [1.807, 2.05) is 0 Å². The van der Waals surface area contributed by atoms with Crippen molar-refractivity contribution in [2.45, 2.75) is 44.3 Å². The van der Waals surface area contributed by atoms with Crippen LogP contribution in [0.15, 0.2) is 16.8 Å². The van der Waals surface area contributed by atoms with Gasteiger partial charge >= 0.3 is 0 Å². The van der Waals surface area contributed by atoms with Crippen molar-refractivity contribution in [2.75, 3.05) is 6.54 Å². The van der Waals surface area contributed by atoms with Crippen molar-refractivity contribution in [2.24, 2.45) is 0 Å². The maximum absolute atomic E-state index is 12.4. The van der Waals surface area contributed by atoms with E-state index in [4.69, 9.17) is 0 Å². The zero-order valence-electron chi connectivity index (χ0n) is 9.89. The molecule has 0 aromatic carbocycles. The van der Waals surface area contributed by atoms with Crippen molar-refractivity contribution < 1.29 is 4.79 Å². The molecule has 17 heavy (non-hydrogen) atoms. The minimum absolute atomic E-state index is 0.0780. The molecule has 3 rings (SSSR count). The average Bonchev–Trinajstić information content (AvgIpc) is 2.86. The van der Waals surface area contributed by atoms with E-state index >= 15 is 0 Å². The summed E-state index contributed by atoms with van der Waals surface area (Å²) in [5.74, 6) is 0.316. The van der Waals surface area contributed by atoms with Crippen LogP contribution in [0.1, 0.15) is 31.2 Å². The Balaban J connectivity index is 1.68. The molecular weight excluding hydrogens is 232 g/mol. The lowest BCUT2D eigenvalue weighted by Crippen LogP contribution is -2.44. The number of thiophene rings is 1. The minimum atomic E-state index is 0.0780. The van der Waals surface area contributed by atoms with Gasteiger partial charge in [-0.1, -0.05) is 0 Å². The average molecular weight is 250 g/mol. The molecule has 1 aromatic heterocycles. The molecule has 92 valence electrons. The van der Waals surface area contributed by atoms with E-state index in [1.165, 1.54) is 18.4 Å². The van der Waals surface area contributed by atoms with E-state index in [9.17, 15) is 4.79 Å². The van der Waals surface area contributed by atoms with Crippen molar-refractivity contribution >= 4 is 17.2 Å². The van der Waals surface area contributed by atoms with Crippen LogP contribution in [0, 0.1) is 0 Å². The first-order valence-electron chi connectivity index (χ1n) is 6.39. The fourth-order valence-electron chi connectivity index (χ4n) is 2.45. The second-order valence-electron chi connectivity index (χ2n) is 4.98. The summed E-state index contributed by atoms with van der Waals surface area (Å²) in [7, 11) is 0. The van der Waals surface area contributed by atoms with Crippen LogP contribution in [0.2, 0.25) is 0 Å². The van der Waals surface area contributed by atoms with Crippen LogP contribution in [0.5, 0.6) is 0 Å². The fraction of sp³-hybridized carbons (Fsp3) is 0.615. The molecule has 1 aliphatic heterocycles. The van der Waals surface area contributed by atoms with Crippen LogP contribution < -0.4 is 5.32 Å². The van der Waals surface area contributed by atoms with E-state index in [0.717, 1.165) is 25.9 Å². The molecule has 4 heteroatoms. The molecule has 0 spiro atoms. The van der Waals surface area contributed by atoms with Gasteiger partial charge in [0, 0.05) is 12.6 Å². The number of carbonyl (C=O) groups excluding carboxylic acids is 1. The van der Waals surface area contributed by atoms with Crippen molar-refractivity contribution in [1.82, 2.24) is 10.2 Å². The molecule has 1 amide bonds. The van der Waals surface area contributed by atoms with Crippen molar-refractivity contribution in [3.63, 3.8) is 0 Å². The van der Waals surface area contributed by atoms with Crippen molar-refractivity contribution in [3.05, 3.63) is 22.4 Å². The summed E-state index contributed by atoms with van der Waals surface area (Å²) in [4.78, 5) is 14.5. The SMILES string of the molecule is O=C([C@@H]1CCCN1)N(Cc1ccsc1)C1CC1. The van der Waals surface area contributed by atoms with Gasteiger partial charge in [-0.25, -0.2) is 0 Å². The Morgan fingerprint density at radius 2 is 2.35 bits per heavy atom. The third-order valence-corrected chi connectivity index (χ3v) is 4.29. The molecule has 0 radical (unpaired) electrons. The molecule has 1 aliphatic carbocycles. The summed E-state index contributed by atoms with van der Waals surface area (Å²) < 4.78 is 0. The van der Waals surface area contributed by atoms with E-state index in [1.54, 1.807) is 11.3 Å². The van der Waals surface area contributed by atoms with Crippen molar-refractivity contribution in [1.29, 1.82) is 0 Å². The quantitative estimate of drug-likeness (QED) is 0.886. The van der Waals surface area contributed by atoms with Gasteiger partial charge in [0.1, 0.15) is 0 Å². The van der Waals surface area contributed by atoms with E-state index < -0.39 is 0 Å². The number of carbonyl (C=O) groups is 1. The number of rotatable bonds is 4. The number of nitrogens with one attached hydrogen (secondary N) is 1. The minimum Gasteiger partial charge on any atom is -0.334 e. The molecule has 2 aliphatic rings. The second kappa shape index (κ2) is 4.78. The van der Waals surface area contributed by atoms with Gasteiger partial charge in [0.15, 0.2) is 0 Å². The van der Waals surface area contributed by atoms with E-state index in [2.05, 4.69) is 27.0 Å². The Morgan fingerprint density at radius 3 is 2.94 bits per heavy atom. The first-order chi connectivity index (χ1) is 8.34. The van der Waals surface area contributed by atoms with Gasteiger partial charge in [-0.05, 0) is 54.6 Å². The highest BCUT2D eigenvalue weighted by Gasteiger charge is 2.36. The van der Waals surface area contributed by atoms with Crippen LogP contribution in [0.25, 0.3) is 0 Å². The number of amides is 1. The maximum atomic E-state index is 12.4. The van der Waals surface area contributed by atoms with Gasteiger partial charge in [0.25, 0.3) is 0 Å². The molecule has 0 unspecified atom stereocenters. The van der Waals surface area contributed by atoms with Crippen LogP contribution in [-0.2, 0) is 11.3 Å². The summed E-state index contributed by atoms with van der Waals surface area (Å²) in [5.41, 5.74) is 1.27. The topological polar surface area (TPSA) is 32.3 Å². The Bertz CT molecular complexity index is 380. The lowest BCUT2D eigenvalue weighted by Gasteiger charge is -2.25. The predicted molar refractivity (Wildman–Crippen MR) is 68.9 cm³/mol. The fourth-order valence-corrected chi connectivity index (χ4v) is 3.11. The first kappa shape index (κ1) is 11.2. The number of nitrogens with zero attached hydrogens (tertiary/aromatic N) is 1. The molecular formula is C13H18N2OS. The standard InChI is InChI=1S/C13H18N2OS/c16-13(12-2-1-6-14-12)15(11-3-4-11)8-10-5-7-17-9-10/h5,7,9,11-12,14H,1-4,6,8H2/t12-/m0/s1. The van der Waals surface area contributed by atoms with Crippen LogP contribution >= 0.6 is 11.3 Å². The predicted octanol–water partition coefficient (Wildman–Crippen LogP) is 1.99. The van der Waals surface area contributed by atoms with Gasteiger partial charge < -0.3 is 10.2 Å². The molecule has 1 saturated heterocycles. The summed E-state index contributed by atoms with van der Waals surface area (Å²) in [6, 6.07) is 2.70. The van der Waals surface area contributed by atoms with E-state index in [0.29, 0.717) is 11.9 Å². The summed E-state index contributed by atoms with van der Waals surface area (Å²) in [5, 5.41) is 7.54. The van der Waals surface area contributed by atoms with Gasteiger partial charge in [0.2, 0.25) is 5.91 Å². The summed E-state index contributed by atoms with van der Waals surface area (Å²) in [6.45, 7) is 1.79. The lowest BCUT2D eigenvalue weighted by atomic mass is 10.2. The molecule has 2 heterocycles. The second-order valence-corrected chi connectivity index (χ2v) is 5.76. The number of hydrogen-bond acceptors (Lipinski definition) is 3. The van der Waals surface area contributed by atoms with Crippen LogP contribution in [-0.4, -0.2) is 29.4 Å². The molecule has 3 nitrogen and oxygen atoms in total. The molecule has 1 atom stereocenters. The summed E-state index contributed by atoms with van der Waals surface area (Å²) >= 11 is 1.70. The first-order valence-corrected chi connectivity index (χ1v) is 7.34. The van der Waals surface area contributed by atoms with Crippen LogP contribution in [0.4, 0.5) is 0 Å². The molecule has 1 N–H and O–H groups in total. The lowest BCUT2D eigenvalue weighted by molar-refractivity contribution is -0.134. The smallest absolute Gasteiger partial charge is 0.240 e. The third-order valence-electron chi connectivity index (χ3n) is 3.56.